The highest BCUT2D eigenvalue weighted by molar-refractivity contribution is 9.10. The van der Waals surface area contributed by atoms with E-state index >= 15 is 0 Å². The molecule has 1 aliphatic carbocycles. The van der Waals surface area contributed by atoms with Gasteiger partial charge in [0, 0.05) is 18.8 Å². The van der Waals surface area contributed by atoms with Gasteiger partial charge in [-0.1, -0.05) is 12.8 Å². The van der Waals surface area contributed by atoms with Crippen molar-refractivity contribution in [3.8, 4) is 0 Å². The molecule has 1 aromatic heterocycles. The number of aliphatic hydroxyl groups is 1. The topological polar surface area (TPSA) is 62.4 Å². The first-order valence-electron chi connectivity index (χ1n) is 6.00. The lowest BCUT2D eigenvalue weighted by atomic mass is 10.1. The number of pyridine rings is 1. The zero-order chi connectivity index (χ0) is 12.3. The van der Waals surface area contributed by atoms with Crippen LogP contribution in [0.3, 0.4) is 0 Å². The highest BCUT2D eigenvalue weighted by atomic mass is 79.9. The van der Waals surface area contributed by atoms with Crippen LogP contribution in [-0.4, -0.2) is 29.3 Å². The first kappa shape index (κ1) is 12.6. The molecule has 0 atom stereocenters. The molecule has 17 heavy (non-hydrogen) atoms. The second-order valence-electron chi connectivity index (χ2n) is 4.41. The number of aromatic nitrogens is 1. The SMILES string of the molecule is Nc1cncc(Br)c1N(CCO)C1CCCC1. The van der Waals surface area contributed by atoms with Crippen LogP contribution in [0, 0.1) is 0 Å². The smallest absolute Gasteiger partial charge is 0.0779 e. The number of anilines is 2. The molecule has 94 valence electrons. The molecule has 1 aromatic rings. The van der Waals surface area contributed by atoms with Gasteiger partial charge in [-0.3, -0.25) is 4.98 Å². The molecule has 0 aromatic carbocycles. The van der Waals surface area contributed by atoms with Crippen LogP contribution < -0.4 is 10.6 Å². The van der Waals surface area contributed by atoms with Crippen LogP contribution in [-0.2, 0) is 0 Å². The Morgan fingerprint density at radius 1 is 1.41 bits per heavy atom. The lowest BCUT2D eigenvalue weighted by molar-refractivity contribution is 0.297. The molecule has 0 aliphatic heterocycles. The summed E-state index contributed by atoms with van der Waals surface area (Å²) in [5.41, 5.74) is 7.64. The second kappa shape index (κ2) is 5.69. The van der Waals surface area contributed by atoms with Gasteiger partial charge in [-0.2, -0.15) is 0 Å². The molecule has 0 spiro atoms. The number of aliphatic hydroxyl groups excluding tert-OH is 1. The van der Waals surface area contributed by atoms with Crippen molar-refractivity contribution in [3.63, 3.8) is 0 Å². The van der Waals surface area contributed by atoms with Gasteiger partial charge in [0.1, 0.15) is 0 Å². The van der Waals surface area contributed by atoms with Gasteiger partial charge in [-0.05, 0) is 28.8 Å². The van der Waals surface area contributed by atoms with E-state index in [1.165, 1.54) is 25.7 Å². The molecule has 0 amide bonds. The number of rotatable bonds is 4. The Morgan fingerprint density at radius 2 is 2.12 bits per heavy atom. The van der Waals surface area contributed by atoms with Crippen LogP contribution in [0.1, 0.15) is 25.7 Å². The predicted octanol–water partition coefficient (Wildman–Crippen LogP) is 2.17. The lowest BCUT2D eigenvalue weighted by Gasteiger charge is -2.32. The van der Waals surface area contributed by atoms with E-state index in [-0.39, 0.29) is 6.61 Å². The Hall–Kier alpha value is -0.810. The summed E-state index contributed by atoms with van der Waals surface area (Å²) in [5, 5.41) is 9.23. The Labute approximate surface area is 110 Å². The molecular weight excluding hydrogens is 282 g/mol. The van der Waals surface area contributed by atoms with E-state index < -0.39 is 0 Å². The van der Waals surface area contributed by atoms with E-state index in [2.05, 4.69) is 25.8 Å². The number of nitrogen functional groups attached to an aromatic ring is 1. The van der Waals surface area contributed by atoms with Crippen molar-refractivity contribution < 1.29 is 5.11 Å². The Morgan fingerprint density at radius 3 is 2.71 bits per heavy atom. The second-order valence-corrected chi connectivity index (χ2v) is 5.27. The molecule has 0 radical (unpaired) electrons. The predicted molar refractivity (Wildman–Crippen MR) is 73.0 cm³/mol. The van der Waals surface area contributed by atoms with Gasteiger partial charge in [0.15, 0.2) is 0 Å². The number of hydrogen-bond donors (Lipinski definition) is 2. The van der Waals surface area contributed by atoms with Gasteiger partial charge in [-0.15, -0.1) is 0 Å². The first-order chi connectivity index (χ1) is 8.24. The average Bonchev–Trinajstić information content (AvgIpc) is 2.80. The summed E-state index contributed by atoms with van der Waals surface area (Å²) < 4.78 is 0.901. The summed E-state index contributed by atoms with van der Waals surface area (Å²) in [6.45, 7) is 0.766. The van der Waals surface area contributed by atoms with E-state index in [9.17, 15) is 5.11 Å². The van der Waals surface area contributed by atoms with E-state index in [1.807, 2.05) is 0 Å². The molecule has 1 heterocycles. The maximum Gasteiger partial charge on any atom is 0.0779 e. The number of nitrogens with zero attached hydrogens (tertiary/aromatic N) is 2. The van der Waals surface area contributed by atoms with Crippen LogP contribution in [0.5, 0.6) is 0 Å². The standard InChI is InChI=1S/C12H18BrN3O/c13-10-7-15-8-11(14)12(10)16(5-6-17)9-3-1-2-4-9/h7-9,17H,1-6,14H2. The first-order valence-corrected chi connectivity index (χ1v) is 6.80. The summed E-state index contributed by atoms with van der Waals surface area (Å²) in [6.07, 6.45) is 8.29. The van der Waals surface area contributed by atoms with Gasteiger partial charge in [0.2, 0.25) is 0 Å². The molecule has 1 fully saturated rings. The zero-order valence-corrected chi connectivity index (χ0v) is 11.4. The van der Waals surface area contributed by atoms with Crippen molar-refractivity contribution in [1.29, 1.82) is 0 Å². The highest BCUT2D eigenvalue weighted by Gasteiger charge is 2.25. The lowest BCUT2D eigenvalue weighted by Crippen LogP contribution is -2.36. The molecule has 0 unspecified atom stereocenters. The largest absolute Gasteiger partial charge is 0.396 e. The average molecular weight is 300 g/mol. The van der Waals surface area contributed by atoms with Gasteiger partial charge in [-0.25, -0.2) is 0 Å². The summed E-state index contributed by atoms with van der Waals surface area (Å²) in [5.74, 6) is 0. The molecule has 3 N–H and O–H groups in total. The van der Waals surface area contributed by atoms with Crippen molar-refractivity contribution in [2.24, 2.45) is 0 Å². The van der Waals surface area contributed by atoms with Gasteiger partial charge in [0.25, 0.3) is 0 Å². The number of hydrogen-bond acceptors (Lipinski definition) is 4. The molecule has 0 saturated heterocycles. The molecule has 1 saturated carbocycles. The molecular formula is C12H18BrN3O. The van der Waals surface area contributed by atoms with Crippen LogP contribution >= 0.6 is 15.9 Å². The molecule has 1 aliphatic rings. The third kappa shape index (κ3) is 2.72. The maximum absolute atomic E-state index is 9.23. The van der Waals surface area contributed by atoms with Gasteiger partial charge >= 0.3 is 0 Å². The number of nitrogens with two attached hydrogens (primary N) is 1. The van der Waals surface area contributed by atoms with Crippen molar-refractivity contribution in [3.05, 3.63) is 16.9 Å². The number of halogens is 1. The van der Waals surface area contributed by atoms with Crippen LogP contribution in [0.25, 0.3) is 0 Å². The molecule has 5 heteroatoms. The third-order valence-corrected chi connectivity index (χ3v) is 3.88. The van der Waals surface area contributed by atoms with E-state index in [0.29, 0.717) is 18.3 Å². The molecule has 0 bridgehead atoms. The monoisotopic (exact) mass is 299 g/mol. The molecule has 4 nitrogen and oxygen atoms in total. The van der Waals surface area contributed by atoms with Crippen molar-refractivity contribution >= 4 is 27.3 Å². The summed E-state index contributed by atoms with van der Waals surface area (Å²) in [4.78, 5) is 6.27. The fourth-order valence-corrected chi connectivity index (χ4v) is 3.12. The van der Waals surface area contributed by atoms with E-state index in [0.717, 1.165) is 10.2 Å². The third-order valence-electron chi connectivity index (χ3n) is 3.29. The van der Waals surface area contributed by atoms with Crippen molar-refractivity contribution in [2.45, 2.75) is 31.7 Å². The quantitative estimate of drug-likeness (QED) is 0.894. The summed E-state index contributed by atoms with van der Waals surface area (Å²) >= 11 is 3.50. The fraction of sp³-hybridized carbons (Fsp3) is 0.583. The minimum Gasteiger partial charge on any atom is -0.396 e. The minimum atomic E-state index is 0.144. The van der Waals surface area contributed by atoms with Gasteiger partial charge < -0.3 is 15.7 Å². The normalized spacial score (nSPS) is 16.4. The summed E-state index contributed by atoms with van der Waals surface area (Å²) in [6, 6.07) is 0.489. The van der Waals surface area contributed by atoms with Crippen LogP contribution in [0.4, 0.5) is 11.4 Å². The van der Waals surface area contributed by atoms with Crippen molar-refractivity contribution in [1.82, 2.24) is 4.98 Å². The van der Waals surface area contributed by atoms with E-state index in [4.69, 9.17) is 5.73 Å². The minimum absolute atomic E-state index is 0.144. The highest BCUT2D eigenvalue weighted by Crippen LogP contribution is 2.36. The summed E-state index contributed by atoms with van der Waals surface area (Å²) in [7, 11) is 0. The maximum atomic E-state index is 9.23. The zero-order valence-electron chi connectivity index (χ0n) is 9.77. The Kier molecular flexibility index (Phi) is 4.23. The van der Waals surface area contributed by atoms with Crippen LogP contribution in [0.15, 0.2) is 16.9 Å². The molecule has 2 rings (SSSR count). The Bertz CT molecular complexity index is 360. The Balaban J connectivity index is 2.31. The van der Waals surface area contributed by atoms with E-state index in [1.54, 1.807) is 12.4 Å². The fourth-order valence-electron chi connectivity index (χ4n) is 2.55. The van der Waals surface area contributed by atoms with Gasteiger partial charge in [0.05, 0.1) is 28.7 Å². The van der Waals surface area contributed by atoms with Crippen LogP contribution in [0.2, 0.25) is 0 Å². The van der Waals surface area contributed by atoms with Crippen molar-refractivity contribution in [2.75, 3.05) is 23.8 Å².